The molecule has 0 saturated carbocycles. The van der Waals surface area contributed by atoms with E-state index in [1.54, 1.807) is 6.07 Å². The van der Waals surface area contributed by atoms with Crippen LogP contribution in [0.15, 0.2) is 54.6 Å². The number of esters is 1. The van der Waals surface area contributed by atoms with Gasteiger partial charge in [0, 0.05) is 0 Å². The minimum atomic E-state index is -0.312. The van der Waals surface area contributed by atoms with Crippen molar-refractivity contribution in [2.75, 3.05) is 7.11 Å². The fourth-order valence-corrected chi connectivity index (χ4v) is 1.94. The van der Waals surface area contributed by atoms with Gasteiger partial charge in [0.2, 0.25) is 0 Å². The van der Waals surface area contributed by atoms with Crippen LogP contribution >= 0.6 is 0 Å². The number of benzene rings is 2. The van der Waals surface area contributed by atoms with E-state index in [4.69, 9.17) is 4.74 Å². The van der Waals surface area contributed by atoms with Gasteiger partial charge < -0.3 is 4.74 Å². The fraction of sp³-hybridized carbons (Fsp3) is 0.118. The van der Waals surface area contributed by atoms with Gasteiger partial charge in [-0.25, -0.2) is 4.79 Å². The molecule has 0 aromatic heterocycles. The van der Waals surface area contributed by atoms with E-state index in [0.29, 0.717) is 5.56 Å². The smallest absolute Gasteiger partial charge is 0.338 e. The van der Waals surface area contributed by atoms with E-state index in [1.165, 1.54) is 7.11 Å². The van der Waals surface area contributed by atoms with E-state index < -0.39 is 0 Å². The van der Waals surface area contributed by atoms with Gasteiger partial charge >= 0.3 is 5.97 Å². The van der Waals surface area contributed by atoms with Gasteiger partial charge in [-0.3, -0.25) is 0 Å². The summed E-state index contributed by atoms with van der Waals surface area (Å²) in [5.41, 5.74) is 3.70. The summed E-state index contributed by atoms with van der Waals surface area (Å²) in [5, 5.41) is 0. The summed E-state index contributed by atoms with van der Waals surface area (Å²) in [4.78, 5) is 11.7. The highest BCUT2D eigenvalue weighted by Gasteiger charge is 2.09. The van der Waals surface area contributed by atoms with Crippen LogP contribution < -0.4 is 0 Å². The third-order valence-corrected chi connectivity index (χ3v) is 2.97. The van der Waals surface area contributed by atoms with Crippen LogP contribution in [0.4, 0.5) is 0 Å². The Morgan fingerprint density at radius 1 is 1.00 bits per heavy atom. The molecule has 0 atom stereocenters. The van der Waals surface area contributed by atoms with Crippen molar-refractivity contribution in [3.05, 3.63) is 71.3 Å². The van der Waals surface area contributed by atoms with Gasteiger partial charge in [0.25, 0.3) is 0 Å². The van der Waals surface area contributed by atoms with Gasteiger partial charge in [-0.1, -0.05) is 54.6 Å². The summed E-state index contributed by atoms with van der Waals surface area (Å²) >= 11 is 0. The zero-order valence-corrected chi connectivity index (χ0v) is 11.1. The quantitative estimate of drug-likeness (QED) is 0.609. The highest BCUT2D eigenvalue weighted by atomic mass is 16.5. The molecule has 0 aliphatic carbocycles. The second-order valence-electron chi connectivity index (χ2n) is 4.27. The van der Waals surface area contributed by atoms with E-state index in [2.05, 4.69) is 0 Å². The SMILES string of the molecule is COC(=O)c1ccccc1/C=C(\C)c1ccccc1. The molecule has 0 aliphatic heterocycles. The van der Waals surface area contributed by atoms with E-state index in [0.717, 1.165) is 16.7 Å². The molecule has 2 nitrogen and oxygen atoms in total. The van der Waals surface area contributed by atoms with Crippen molar-refractivity contribution in [2.24, 2.45) is 0 Å². The van der Waals surface area contributed by atoms with Crippen molar-refractivity contribution in [1.29, 1.82) is 0 Å². The van der Waals surface area contributed by atoms with Crippen LogP contribution in [0, 0.1) is 0 Å². The molecule has 0 bridgehead atoms. The average Bonchev–Trinajstić information content (AvgIpc) is 2.48. The number of ether oxygens (including phenoxy) is 1. The first kappa shape index (κ1) is 13.1. The molecular weight excluding hydrogens is 236 g/mol. The van der Waals surface area contributed by atoms with Crippen LogP contribution in [-0.4, -0.2) is 13.1 Å². The monoisotopic (exact) mass is 252 g/mol. The third kappa shape index (κ3) is 3.10. The van der Waals surface area contributed by atoms with Crippen LogP contribution in [0.1, 0.15) is 28.4 Å². The Balaban J connectivity index is 2.41. The van der Waals surface area contributed by atoms with Crippen molar-refractivity contribution in [1.82, 2.24) is 0 Å². The number of hydrogen-bond donors (Lipinski definition) is 0. The molecule has 0 amide bonds. The average molecular weight is 252 g/mol. The van der Waals surface area contributed by atoms with Gasteiger partial charge in [0.05, 0.1) is 12.7 Å². The van der Waals surface area contributed by atoms with Crippen LogP contribution in [0.25, 0.3) is 11.6 Å². The maximum absolute atomic E-state index is 11.7. The highest BCUT2D eigenvalue weighted by molar-refractivity contribution is 5.96. The third-order valence-electron chi connectivity index (χ3n) is 2.97. The normalized spacial score (nSPS) is 11.2. The van der Waals surface area contributed by atoms with Crippen LogP contribution in [0.5, 0.6) is 0 Å². The summed E-state index contributed by atoms with van der Waals surface area (Å²) in [5.74, 6) is -0.312. The van der Waals surface area contributed by atoms with Gasteiger partial charge in [0.15, 0.2) is 0 Å². The molecule has 0 N–H and O–H groups in total. The topological polar surface area (TPSA) is 26.3 Å². The lowest BCUT2D eigenvalue weighted by atomic mass is 10.0. The molecule has 0 fully saturated rings. The zero-order valence-electron chi connectivity index (χ0n) is 11.1. The maximum Gasteiger partial charge on any atom is 0.338 e. The first-order chi connectivity index (χ1) is 9.22. The Morgan fingerprint density at radius 2 is 1.63 bits per heavy atom. The molecule has 19 heavy (non-hydrogen) atoms. The molecule has 0 spiro atoms. The number of rotatable bonds is 3. The molecule has 2 rings (SSSR count). The number of allylic oxidation sites excluding steroid dienone is 1. The Morgan fingerprint density at radius 3 is 2.32 bits per heavy atom. The summed E-state index contributed by atoms with van der Waals surface area (Å²) in [6.45, 7) is 2.03. The van der Waals surface area contributed by atoms with Crippen LogP contribution in [0.3, 0.4) is 0 Å². The maximum atomic E-state index is 11.7. The second kappa shape index (κ2) is 6.01. The second-order valence-corrected chi connectivity index (χ2v) is 4.27. The van der Waals surface area contributed by atoms with E-state index in [1.807, 2.05) is 61.5 Å². The van der Waals surface area contributed by atoms with Crippen molar-refractivity contribution in [3.8, 4) is 0 Å². The molecule has 0 radical (unpaired) electrons. The summed E-state index contributed by atoms with van der Waals surface area (Å²) in [6, 6.07) is 17.5. The lowest BCUT2D eigenvalue weighted by Gasteiger charge is -2.06. The fourth-order valence-electron chi connectivity index (χ4n) is 1.94. The Labute approximate surface area is 113 Å². The molecule has 0 aliphatic rings. The molecule has 0 unspecified atom stereocenters. The number of carbonyl (C=O) groups excluding carboxylic acids is 1. The van der Waals surface area contributed by atoms with Gasteiger partial charge in [-0.15, -0.1) is 0 Å². The number of carbonyl (C=O) groups is 1. The molecular formula is C17H16O2. The number of hydrogen-bond acceptors (Lipinski definition) is 2. The summed E-state index contributed by atoms with van der Waals surface area (Å²) in [7, 11) is 1.40. The first-order valence-corrected chi connectivity index (χ1v) is 6.13. The van der Waals surface area contributed by atoms with E-state index in [-0.39, 0.29) is 5.97 Å². The number of methoxy groups -OCH3 is 1. The molecule has 2 aromatic carbocycles. The summed E-state index contributed by atoms with van der Waals surface area (Å²) < 4.78 is 4.80. The largest absolute Gasteiger partial charge is 0.465 e. The first-order valence-electron chi connectivity index (χ1n) is 6.13. The summed E-state index contributed by atoms with van der Waals surface area (Å²) in [6.07, 6.45) is 2.00. The van der Waals surface area contributed by atoms with Gasteiger partial charge in [-0.2, -0.15) is 0 Å². The van der Waals surface area contributed by atoms with Crippen LogP contribution in [0.2, 0.25) is 0 Å². The highest BCUT2D eigenvalue weighted by Crippen LogP contribution is 2.20. The van der Waals surface area contributed by atoms with Crippen molar-refractivity contribution in [3.63, 3.8) is 0 Å². The van der Waals surface area contributed by atoms with E-state index >= 15 is 0 Å². The molecule has 0 heterocycles. The molecule has 0 saturated heterocycles. The Kier molecular flexibility index (Phi) is 4.14. The van der Waals surface area contributed by atoms with Crippen molar-refractivity contribution < 1.29 is 9.53 Å². The minimum absolute atomic E-state index is 0.312. The molecule has 2 heteroatoms. The molecule has 96 valence electrons. The Hall–Kier alpha value is -2.35. The van der Waals surface area contributed by atoms with E-state index in [9.17, 15) is 4.79 Å². The lowest BCUT2D eigenvalue weighted by Crippen LogP contribution is -2.03. The minimum Gasteiger partial charge on any atom is -0.465 e. The van der Waals surface area contributed by atoms with Crippen molar-refractivity contribution >= 4 is 17.6 Å². The Bertz CT molecular complexity index is 598. The van der Waals surface area contributed by atoms with Crippen LogP contribution in [-0.2, 0) is 4.74 Å². The predicted molar refractivity (Wildman–Crippen MR) is 77.8 cm³/mol. The predicted octanol–water partition coefficient (Wildman–Crippen LogP) is 4.03. The zero-order chi connectivity index (χ0) is 13.7. The lowest BCUT2D eigenvalue weighted by molar-refractivity contribution is 0.0600. The standard InChI is InChI=1S/C17H16O2/c1-13(14-8-4-3-5-9-14)12-15-10-6-7-11-16(15)17(18)19-2/h3-12H,1-2H3/b13-12+. The van der Waals surface area contributed by atoms with Crippen molar-refractivity contribution in [2.45, 2.75) is 6.92 Å². The van der Waals surface area contributed by atoms with Gasteiger partial charge in [0.1, 0.15) is 0 Å². The van der Waals surface area contributed by atoms with Gasteiger partial charge in [-0.05, 0) is 29.7 Å². The molecule has 2 aromatic rings.